The molecular weight excluding hydrogens is 338 g/mol. The lowest BCUT2D eigenvalue weighted by Gasteiger charge is -2.12. The second-order valence-corrected chi connectivity index (χ2v) is 6.25. The first-order valence-corrected chi connectivity index (χ1v) is 7.61. The van der Waals surface area contributed by atoms with Crippen LogP contribution in [0.3, 0.4) is 0 Å². The zero-order valence-electron chi connectivity index (χ0n) is 11.5. The molecule has 0 aliphatic heterocycles. The molecule has 0 radical (unpaired) electrons. The zero-order chi connectivity index (χ0) is 14.7. The average Bonchev–Trinajstić information content (AvgIpc) is 2.36. The lowest BCUT2D eigenvalue weighted by Crippen LogP contribution is -2.17. The summed E-state index contributed by atoms with van der Waals surface area (Å²) in [5, 5.41) is 0.662. The molecule has 0 aliphatic rings. The fraction of sp³-hybridized carbons (Fsp3) is 0.250. The predicted octanol–water partition coefficient (Wildman–Crippen LogP) is 5.09. The van der Waals surface area contributed by atoms with Gasteiger partial charge in [0.15, 0.2) is 0 Å². The highest BCUT2D eigenvalue weighted by Gasteiger charge is 2.08. The minimum Gasteiger partial charge on any atom is -0.456 e. The van der Waals surface area contributed by atoms with Crippen molar-refractivity contribution in [3.8, 4) is 11.5 Å². The van der Waals surface area contributed by atoms with E-state index in [2.05, 4.69) is 15.9 Å². The van der Waals surface area contributed by atoms with Crippen molar-refractivity contribution >= 4 is 27.5 Å². The molecule has 1 unspecified atom stereocenters. The molecule has 1 atom stereocenters. The van der Waals surface area contributed by atoms with Crippen LogP contribution < -0.4 is 10.5 Å². The molecule has 0 amide bonds. The highest BCUT2D eigenvalue weighted by atomic mass is 79.9. The Morgan fingerprint density at radius 3 is 2.60 bits per heavy atom. The SMILES string of the molecule is Cc1ccc(Cl)cc1Oc1ccc(CC(C)N)cc1Br. The molecule has 4 heteroatoms. The van der Waals surface area contributed by atoms with Crippen LogP contribution in [0.4, 0.5) is 0 Å². The van der Waals surface area contributed by atoms with Gasteiger partial charge in [-0.3, -0.25) is 0 Å². The molecule has 0 fully saturated rings. The van der Waals surface area contributed by atoms with Crippen molar-refractivity contribution in [2.75, 3.05) is 0 Å². The smallest absolute Gasteiger partial charge is 0.141 e. The summed E-state index contributed by atoms with van der Waals surface area (Å²) in [5.41, 5.74) is 8.04. The Hall–Kier alpha value is -1.03. The molecule has 2 aromatic carbocycles. The number of benzene rings is 2. The maximum absolute atomic E-state index is 6.00. The number of nitrogens with two attached hydrogens (primary N) is 1. The van der Waals surface area contributed by atoms with Crippen LogP contribution in [-0.2, 0) is 6.42 Å². The van der Waals surface area contributed by atoms with Gasteiger partial charge in [-0.15, -0.1) is 0 Å². The summed E-state index contributed by atoms with van der Waals surface area (Å²) in [6, 6.07) is 11.8. The van der Waals surface area contributed by atoms with Crippen molar-refractivity contribution in [2.24, 2.45) is 5.73 Å². The second-order valence-electron chi connectivity index (χ2n) is 4.96. The zero-order valence-corrected chi connectivity index (χ0v) is 13.8. The average molecular weight is 355 g/mol. The molecule has 0 aromatic heterocycles. The van der Waals surface area contributed by atoms with Gasteiger partial charge < -0.3 is 10.5 Å². The van der Waals surface area contributed by atoms with Gasteiger partial charge >= 0.3 is 0 Å². The van der Waals surface area contributed by atoms with Gasteiger partial charge in [-0.05, 0) is 71.6 Å². The van der Waals surface area contributed by atoms with E-state index in [9.17, 15) is 0 Å². The molecule has 0 heterocycles. The molecule has 2 rings (SSSR count). The fourth-order valence-electron chi connectivity index (χ4n) is 1.93. The molecule has 0 spiro atoms. The molecule has 2 aromatic rings. The normalized spacial score (nSPS) is 12.2. The highest BCUT2D eigenvalue weighted by Crippen LogP contribution is 2.33. The molecule has 0 saturated heterocycles. The summed E-state index contributed by atoms with van der Waals surface area (Å²) in [6.07, 6.45) is 0.842. The summed E-state index contributed by atoms with van der Waals surface area (Å²) in [7, 11) is 0. The van der Waals surface area contributed by atoms with Crippen molar-refractivity contribution in [3.63, 3.8) is 0 Å². The Morgan fingerprint density at radius 1 is 1.20 bits per heavy atom. The number of hydrogen-bond acceptors (Lipinski definition) is 2. The van der Waals surface area contributed by atoms with Gasteiger partial charge in [-0.2, -0.15) is 0 Å². The van der Waals surface area contributed by atoms with Crippen molar-refractivity contribution in [1.82, 2.24) is 0 Å². The Balaban J connectivity index is 2.23. The number of halogens is 2. The maximum Gasteiger partial charge on any atom is 0.141 e. The number of rotatable bonds is 4. The van der Waals surface area contributed by atoms with Gasteiger partial charge in [0.25, 0.3) is 0 Å². The van der Waals surface area contributed by atoms with Gasteiger partial charge in [0.1, 0.15) is 11.5 Å². The Kier molecular flexibility index (Phi) is 5.08. The third-order valence-corrected chi connectivity index (χ3v) is 3.78. The summed E-state index contributed by atoms with van der Waals surface area (Å²) < 4.78 is 6.83. The summed E-state index contributed by atoms with van der Waals surface area (Å²) in [6.45, 7) is 3.98. The second kappa shape index (κ2) is 6.61. The van der Waals surface area contributed by atoms with E-state index in [-0.39, 0.29) is 6.04 Å². The Morgan fingerprint density at radius 2 is 1.95 bits per heavy atom. The maximum atomic E-state index is 6.00. The van der Waals surface area contributed by atoms with Crippen LogP contribution in [0.2, 0.25) is 5.02 Å². The van der Waals surface area contributed by atoms with E-state index in [1.165, 1.54) is 5.56 Å². The molecule has 106 valence electrons. The first-order chi connectivity index (χ1) is 9.45. The van der Waals surface area contributed by atoms with Crippen LogP contribution in [0.25, 0.3) is 0 Å². The Labute approximate surface area is 133 Å². The first-order valence-electron chi connectivity index (χ1n) is 6.43. The predicted molar refractivity (Wildman–Crippen MR) is 87.8 cm³/mol. The minimum absolute atomic E-state index is 0.142. The summed E-state index contributed by atoms with van der Waals surface area (Å²) in [4.78, 5) is 0. The molecular formula is C16H17BrClNO. The van der Waals surface area contributed by atoms with Crippen LogP contribution in [0.5, 0.6) is 11.5 Å². The van der Waals surface area contributed by atoms with Gasteiger partial charge in [-0.25, -0.2) is 0 Å². The van der Waals surface area contributed by atoms with E-state index in [1.54, 1.807) is 0 Å². The molecule has 2 nitrogen and oxygen atoms in total. The Bertz CT molecular complexity index is 613. The monoisotopic (exact) mass is 353 g/mol. The van der Waals surface area contributed by atoms with Crippen LogP contribution >= 0.6 is 27.5 Å². The lowest BCUT2D eigenvalue weighted by molar-refractivity contribution is 0.475. The van der Waals surface area contributed by atoms with Crippen LogP contribution in [-0.4, -0.2) is 6.04 Å². The topological polar surface area (TPSA) is 35.2 Å². The molecule has 0 saturated carbocycles. The number of hydrogen-bond donors (Lipinski definition) is 1. The van der Waals surface area contributed by atoms with E-state index in [0.717, 1.165) is 28.0 Å². The highest BCUT2D eigenvalue weighted by molar-refractivity contribution is 9.10. The van der Waals surface area contributed by atoms with Crippen molar-refractivity contribution in [3.05, 3.63) is 57.0 Å². The number of ether oxygens (including phenoxy) is 1. The summed E-state index contributed by atoms with van der Waals surface area (Å²) in [5.74, 6) is 1.53. The van der Waals surface area contributed by atoms with E-state index >= 15 is 0 Å². The van der Waals surface area contributed by atoms with E-state index < -0.39 is 0 Å². The van der Waals surface area contributed by atoms with Gasteiger partial charge in [0.2, 0.25) is 0 Å². The van der Waals surface area contributed by atoms with E-state index in [4.69, 9.17) is 22.1 Å². The van der Waals surface area contributed by atoms with Crippen LogP contribution in [0.1, 0.15) is 18.1 Å². The van der Waals surface area contributed by atoms with Gasteiger partial charge in [0, 0.05) is 11.1 Å². The van der Waals surface area contributed by atoms with Crippen molar-refractivity contribution in [1.29, 1.82) is 0 Å². The summed E-state index contributed by atoms with van der Waals surface area (Å²) >= 11 is 9.54. The molecule has 20 heavy (non-hydrogen) atoms. The van der Waals surface area contributed by atoms with Gasteiger partial charge in [-0.1, -0.05) is 23.7 Å². The quantitative estimate of drug-likeness (QED) is 0.829. The third-order valence-electron chi connectivity index (χ3n) is 2.92. The van der Waals surface area contributed by atoms with Crippen LogP contribution in [0.15, 0.2) is 40.9 Å². The fourth-order valence-corrected chi connectivity index (χ4v) is 2.60. The molecule has 0 aliphatic carbocycles. The van der Waals surface area contributed by atoms with Crippen molar-refractivity contribution in [2.45, 2.75) is 26.3 Å². The largest absolute Gasteiger partial charge is 0.456 e. The standard InChI is InChI=1S/C16H17BrClNO/c1-10-3-5-13(18)9-16(10)20-15-6-4-12(7-11(2)19)8-14(15)17/h3-6,8-9,11H,7,19H2,1-2H3. The van der Waals surface area contributed by atoms with E-state index in [0.29, 0.717) is 5.02 Å². The van der Waals surface area contributed by atoms with E-state index in [1.807, 2.05) is 50.2 Å². The lowest BCUT2D eigenvalue weighted by atomic mass is 10.1. The molecule has 2 N–H and O–H groups in total. The molecule has 0 bridgehead atoms. The number of aryl methyl sites for hydroxylation is 1. The van der Waals surface area contributed by atoms with Crippen molar-refractivity contribution < 1.29 is 4.74 Å². The minimum atomic E-state index is 0.142. The first kappa shape index (κ1) is 15.4. The van der Waals surface area contributed by atoms with Crippen LogP contribution in [0, 0.1) is 6.92 Å². The third kappa shape index (κ3) is 3.98. The van der Waals surface area contributed by atoms with Gasteiger partial charge in [0.05, 0.1) is 4.47 Å².